The third kappa shape index (κ3) is 2.31. The predicted octanol–water partition coefficient (Wildman–Crippen LogP) is 2.52. The van der Waals surface area contributed by atoms with Gasteiger partial charge in [0.1, 0.15) is 5.75 Å². The maximum Gasteiger partial charge on any atom is 0.309 e. The molecule has 1 aromatic heterocycles. The van der Waals surface area contributed by atoms with E-state index in [0.29, 0.717) is 22.0 Å². The molecule has 5 heteroatoms. The first-order chi connectivity index (χ1) is 8.11. The molecule has 2 aromatic rings. The minimum Gasteiger partial charge on any atom is -0.496 e. The predicted molar refractivity (Wildman–Crippen MR) is 64.6 cm³/mol. The number of halogens is 1. The van der Waals surface area contributed by atoms with E-state index in [4.69, 9.17) is 21.4 Å². The summed E-state index contributed by atoms with van der Waals surface area (Å²) in [6, 6.07) is 6.96. The molecule has 2 rings (SSSR count). The molecular weight excluding hydrogens is 242 g/mol. The second-order valence-corrected chi connectivity index (χ2v) is 3.93. The Labute approximate surface area is 103 Å². The van der Waals surface area contributed by atoms with Crippen molar-refractivity contribution in [2.45, 2.75) is 6.42 Å². The van der Waals surface area contributed by atoms with E-state index in [2.05, 4.69) is 4.98 Å². The van der Waals surface area contributed by atoms with Crippen molar-refractivity contribution < 1.29 is 14.6 Å². The number of aromatic nitrogens is 1. The monoisotopic (exact) mass is 251 g/mol. The average molecular weight is 252 g/mol. The molecule has 0 bridgehead atoms. The Kier molecular flexibility index (Phi) is 3.15. The average Bonchev–Trinajstić information content (AvgIpc) is 2.28. The van der Waals surface area contributed by atoms with Gasteiger partial charge in [0.25, 0.3) is 0 Å². The zero-order valence-electron chi connectivity index (χ0n) is 9.11. The number of carbonyl (C=O) groups is 1. The molecule has 1 heterocycles. The third-order valence-corrected chi connectivity index (χ3v) is 2.66. The largest absolute Gasteiger partial charge is 0.496 e. The van der Waals surface area contributed by atoms with Crippen LogP contribution in [-0.4, -0.2) is 23.2 Å². The van der Waals surface area contributed by atoms with Crippen molar-refractivity contribution in [2.24, 2.45) is 0 Å². The summed E-state index contributed by atoms with van der Waals surface area (Å²) in [5.41, 5.74) is 0.986. The Balaban J connectivity index is 2.67. The van der Waals surface area contributed by atoms with E-state index >= 15 is 0 Å². The zero-order chi connectivity index (χ0) is 12.4. The van der Waals surface area contributed by atoms with Gasteiger partial charge in [0.05, 0.1) is 29.8 Å². The number of pyridine rings is 1. The summed E-state index contributed by atoms with van der Waals surface area (Å²) >= 11 is 6.03. The van der Waals surface area contributed by atoms with Gasteiger partial charge in [-0.2, -0.15) is 0 Å². The highest BCUT2D eigenvalue weighted by atomic mass is 35.5. The summed E-state index contributed by atoms with van der Waals surface area (Å²) < 4.78 is 5.21. The molecule has 0 spiro atoms. The lowest BCUT2D eigenvalue weighted by Crippen LogP contribution is -2.03. The fourth-order valence-corrected chi connectivity index (χ4v) is 1.86. The number of aliphatic carboxylic acids is 1. The van der Waals surface area contributed by atoms with Crippen LogP contribution in [0.1, 0.15) is 5.69 Å². The summed E-state index contributed by atoms with van der Waals surface area (Å²) in [5.74, 6) is -0.361. The maximum absolute atomic E-state index is 10.7. The van der Waals surface area contributed by atoms with E-state index in [0.717, 1.165) is 5.39 Å². The van der Waals surface area contributed by atoms with Crippen LogP contribution in [0, 0.1) is 0 Å². The first-order valence-corrected chi connectivity index (χ1v) is 5.33. The summed E-state index contributed by atoms with van der Waals surface area (Å²) in [6.45, 7) is 0. The number of hydrogen-bond acceptors (Lipinski definition) is 3. The number of para-hydroxylation sites is 1. The maximum atomic E-state index is 10.7. The third-order valence-electron chi connectivity index (χ3n) is 2.36. The smallest absolute Gasteiger partial charge is 0.309 e. The Morgan fingerprint density at radius 1 is 1.53 bits per heavy atom. The molecule has 0 aliphatic rings. The van der Waals surface area contributed by atoms with Crippen molar-refractivity contribution in [2.75, 3.05) is 7.11 Å². The molecule has 88 valence electrons. The minimum absolute atomic E-state index is 0.155. The molecule has 0 saturated heterocycles. The number of benzene rings is 1. The van der Waals surface area contributed by atoms with E-state index in [9.17, 15) is 4.79 Å². The summed E-state index contributed by atoms with van der Waals surface area (Å²) in [7, 11) is 1.53. The van der Waals surface area contributed by atoms with Crippen LogP contribution in [0.2, 0.25) is 5.02 Å². The molecular formula is C12H10ClNO3. The Hall–Kier alpha value is -1.81. The highest BCUT2D eigenvalue weighted by molar-refractivity contribution is 6.35. The van der Waals surface area contributed by atoms with Crippen LogP contribution in [0.4, 0.5) is 0 Å². The highest BCUT2D eigenvalue weighted by Crippen LogP contribution is 2.29. The van der Waals surface area contributed by atoms with Crippen LogP contribution in [0.25, 0.3) is 10.9 Å². The van der Waals surface area contributed by atoms with Crippen LogP contribution in [0.5, 0.6) is 5.75 Å². The quantitative estimate of drug-likeness (QED) is 0.911. The number of methoxy groups -OCH3 is 1. The minimum atomic E-state index is -0.939. The summed E-state index contributed by atoms with van der Waals surface area (Å²) in [5, 5.41) is 10.0. The fourth-order valence-electron chi connectivity index (χ4n) is 1.65. The van der Waals surface area contributed by atoms with E-state index in [1.807, 2.05) is 6.07 Å². The van der Waals surface area contributed by atoms with E-state index in [1.54, 1.807) is 18.2 Å². The topological polar surface area (TPSA) is 59.4 Å². The number of ether oxygens (including phenoxy) is 1. The van der Waals surface area contributed by atoms with Crippen molar-refractivity contribution in [1.29, 1.82) is 0 Å². The van der Waals surface area contributed by atoms with Crippen molar-refractivity contribution in [3.05, 3.63) is 35.0 Å². The van der Waals surface area contributed by atoms with Gasteiger partial charge in [0.2, 0.25) is 0 Å². The molecule has 4 nitrogen and oxygen atoms in total. The molecule has 0 radical (unpaired) electrons. The van der Waals surface area contributed by atoms with Crippen LogP contribution < -0.4 is 4.74 Å². The molecule has 1 aromatic carbocycles. The number of carboxylic acids is 1. The van der Waals surface area contributed by atoms with Gasteiger partial charge < -0.3 is 9.84 Å². The molecule has 0 aliphatic carbocycles. The van der Waals surface area contributed by atoms with Crippen LogP contribution in [-0.2, 0) is 11.2 Å². The van der Waals surface area contributed by atoms with E-state index in [-0.39, 0.29) is 6.42 Å². The molecule has 17 heavy (non-hydrogen) atoms. The van der Waals surface area contributed by atoms with Crippen LogP contribution in [0.3, 0.4) is 0 Å². The number of hydrogen-bond donors (Lipinski definition) is 1. The highest BCUT2D eigenvalue weighted by Gasteiger charge is 2.10. The molecule has 0 saturated carbocycles. The second-order valence-electron chi connectivity index (χ2n) is 3.52. The second kappa shape index (κ2) is 4.59. The van der Waals surface area contributed by atoms with Gasteiger partial charge in [-0.05, 0) is 12.1 Å². The molecule has 1 N–H and O–H groups in total. The first kappa shape index (κ1) is 11.7. The Bertz CT molecular complexity index is 583. The van der Waals surface area contributed by atoms with Gasteiger partial charge in [-0.3, -0.25) is 9.78 Å². The fraction of sp³-hybridized carbons (Fsp3) is 0.167. The summed E-state index contributed by atoms with van der Waals surface area (Å²) in [4.78, 5) is 14.9. The first-order valence-electron chi connectivity index (χ1n) is 4.95. The molecule has 0 aliphatic heterocycles. The van der Waals surface area contributed by atoms with Gasteiger partial charge in [0.15, 0.2) is 0 Å². The molecule has 0 unspecified atom stereocenters. The Morgan fingerprint density at radius 2 is 2.29 bits per heavy atom. The van der Waals surface area contributed by atoms with Gasteiger partial charge in [-0.1, -0.05) is 17.7 Å². The zero-order valence-corrected chi connectivity index (χ0v) is 9.86. The van der Waals surface area contributed by atoms with Crippen molar-refractivity contribution in [3.63, 3.8) is 0 Å². The lowest BCUT2D eigenvalue weighted by atomic mass is 10.1. The number of rotatable bonds is 3. The standard InChI is InChI=1S/C12H10ClNO3/c1-17-10-5-7(6-11(15)16)14-12-8(10)3-2-4-9(12)13/h2-5H,6H2,1H3,(H,15,16). The number of carboxylic acid groups (broad SMARTS) is 1. The summed E-state index contributed by atoms with van der Waals surface area (Å²) in [6.07, 6.45) is -0.155. The van der Waals surface area contributed by atoms with Gasteiger partial charge in [-0.25, -0.2) is 0 Å². The Morgan fingerprint density at radius 3 is 2.94 bits per heavy atom. The normalized spacial score (nSPS) is 10.5. The number of fused-ring (bicyclic) bond motifs is 1. The SMILES string of the molecule is COc1cc(CC(=O)O)nc2c(Cl)cccc12. The van der Waals surface area contributed by atoms with Gasteiger partial charge in [0, 0.05) is 11.5 Å². The van der Waals surface area contributed by atoms with E-state index < -0.39 is 5.97 Å². The van der Waals surface area contributed by atoms with E-state index in [1.165, 1.54) is 7.11 Å². The van der Waals surface area contributed by atoms with Crippen molar-refractivity contribution in [1.82, 2.24) is 4.98 Å². The van der Waals surface area contributed by atoms with Gasteiger partial charge in [-0.15, -0.1) is 0 Å². The van der Waals surface area contributed by atoms with Crippen LogP contribution >= 0.6 is 11.6 Å². The molecule has 0 atom stereocenters. The lowest BCUT2D eigenvalue weighted by molar-refractivity contribution is -0.136. The van der Waals surface area contributed by atoms with Crippen molar-refractivity contribution >= 4 is 28.5 Å². The number of nitrogens with zero attached hydrogens (tertiary/aromatic N) is 1. The lowest BCUT2D eigenvalue weighted by Gasteiger charge is -2.08. The molecule has 0 fully saturated rings. The van der Waals surface area contributed by atoms with Crippen molar-refractivity contribution in [3.8, 4) is 5.75 Å². The molecule has 0 amide bonds. The van der Waals surface area contributed by atoms with Crippen LogP contribution in [0.15, 0.2) is 24.3 Å². The van der Waals surface area contributed by atoms with Gasteiger partial charge >= 0.3 is 5.97 Å².